The van der Waals surface area contributed by atoms with Gasteiger partial charge in [-0.05, 0) is 54.8 Å². The molecule has 0 unspecified atom stereocenters. The Bertz CT molecular complexity index is 1050. The predicted octanol–water partition coefficient (Wildman–Crippen LogP) is 4.34. The van der Waals surface area contributed by atoms with E-state index in [-0.39, 0.29) is 18.4 Å². The van der Waals surface area contributed by atoms with Crippen LogP contribution in [0.1, 0.15) is 24.4 Å². The molecule has 8 heteroatoms. The van der Waals surface area contributed by atoms with Crippen molar-refractivity contribution < 1.29 is 9.53 Å². The quantitative estimate of drug-likeness (QED) is 0.622. The van der Waals surface area contributed by atoms with Gasteiger partial charge in [-0.2, -0.15) is 4.98 Å². The number of benzene rings is 2. The van der Waals surface area contributed by atoms with E-state index >= 15 is 0 Å². The molecule has 2 N–H and O–H groups in total. The normalized spacial score (nSPS) is 16.9. The molecule has 1 amide bonds. The van der Waals surface area contributed by atoms with Crippen LogP contribution in [0.2, 0.25) is 10.0 Å². The summed E-state index contributed by atoms with van der Waals surface area (Å²) >= 11 is 12.1. The first-order chi connectivity index (χ1) is 13.9. The minimum absolute atomic E-state index is 0.0562. The molecule has 6 nitrogen and oxygen atoms in total. The molecule has 2 heterocycles. The van der Waals surface area contributed by atoms with E-state index in [4.69, 9.17) is 33.7 Å². The molecule has 0 aliphatic carbocycles. The van der Waals surface area contributed by atoms with Crippen LogP contribution in [-0.4, -0.2) is 40.6 Å². The molecule has 2 aromatic carbocycles. The van der Waals surface area contributed by atoms with Crippen LogP contribution in [0.25, 0.3) is 11.0 Å². The first-order valence-corrected chi connectivity index (χ1v) is 10.2. The Hall–Kier alpha value is -2.44. The highest BCUT2D eigenvalue weighted by molar-refractivity contribution is 6.34. The summed E-state index contributed by atoms with van der Waals surface area (Å²) in [5, 5.41) is 1.07. The van der Waals surface area contributed by atoms with E-state index in [0.717, 1.165) is 36.0 Å². The fourth-order valence-corrected chi connectivity index (χ4v) is 4.55. The molecule has 0 radical (unpaired) electrons. The van der Waals surface area contributed by atoms with Crippen LogP contribution in [0, 0.1) is 0 Å². The summed E-state index contributed by atoms with van der Waals surface area (Å²) < 4.78 is 7.59. The van der Waals surface area contributed by atoms with Crippen LogP contribution in [0.15, 0.2) is 36.4 Å². The lowest BCUT2D eigenvalue weighted by Crippen LogP contribution is -2.41. The lowest BCUT2D eigenvalue weighted by Gasteiger charge is -2.34. The number of likely N-dealkylation sites (tertiary alicyclic amines) is 1. The minimum atomic E-state index is 0.0562. The van der Waals surface area contributed by atoms with Crippen molar-refractivity contribution >= 4 is 45.8 Å². The van der Waals surface area contributed by atoms with Gasteiger partial charge in [0.05, 0.1) is 30.6 Å². The molecule has 152 valence electrons. The fraction of sp³-hybridized carbons (Fsp3) is 0.333. The first kappa shape index (κ1) is 19.9. The van der Waals surface area contributed by atoms with Crippen LogP contribution in [0.5, 0.6) is 6.01 Å². The van der Waals surface area contributed by atoms with Crippen LogP contribution >= 0.6 is 23.2 Å². The Morgan fingerprint density at radius 3 is 2.72 bits per heavy atom. The fourth-order valence-electron chi connectivity index (χ4n) is 3.98. The van der Waals surface area contributed by atoms with E-state index in [1.807, 2.05) is 23.1 Å². The number of carbonyl (C=O) groups is 1. The van der Waals surface area contributed by atoms with Gasteiger partial charge in [0, 0.05) is 28.8 Å². The van der Waals surface area contributed by atoms with Crippen molar-refractivity contribution in [2.24, 2.45) is 0 Å². The monoisotopic (exact) mass is 432 g/mol. The van der Waals surface area contributed by atoms with E-state index in [1.165, 1.54) is 0 Å². The van der Waals surface area contributed by atoms with Crippen molar-refractivity contribution in [1.29, 1.82) is 0 Å². The second-order valence-electron chi connectivity index (χ2n) is 7.31. The van der Waals surface area contributed by atoms with Crippen molar-refractivity contribution in [3.63, 3.8) is 0 Å². The van der Waals surface area contributed by atoms with Crippen molar-refractivity contribution in [2.45, 2.75) is 25.3 Å². The first-order valence-electron chi connectivity index (χ1n) is 9.49. The van der Waals surface area contributed by atoms with Crippen LogP contribution < -0.4 is 10.5 Å². The number of fused-ring (bicyclic) bond motifs is 1. The zero-order valence-electron chi connectivity index (χ0n) is 16.1. The summed E-state index contributed by atoms with van der Waals surface area (Å²) in [5.41, 5.74) is 9.12. The van der Waals surface area contributed by atoms with Gasteiger partial charge in [-0.15, -0.1) is 0 Å². The van der Waals surface area contributed by atoms with Crippen molar-refractivity contribution in [1.82, 2.24) is 14.5 Å². The number of piperidine rings is 1. The molecule has 4 rings (SSSR count). The lowest BCUT2D eigenvalue weighted by atomic mass is 10.0. The number of amides is 1. The lowest BCUT2D eigenvalue weighted by molar-refractivity contribution is -0.132. The van der Waals surface area contributed by atoms with Crippen molar-refractivity contribution in [2.75, 3.05) is 25.9 Å². The SMILES string of the molecule is COc1nc2cc(N)ccc2n1[C@H]1CCCN(C(=O)Cc2cc(Cl)cc(Cl)c2)C1. The third-order valence-corrected chi connectivity index (χ3v) is 5.69. The van der Waals surface area contributed by atoms with E-state index in [0.29, 0.717) is 28.3 Å². The van der Waals surface area contributed by atoms with Gasteiger partial charge in [-0.25, -0.2) is 0 Å². The van der Waals surface area contributed by atoms with Gasteiger partial charge in [0.25, 0.3) is 6.01 Å². The highest BCUT2D eigenvalue weighted by Crippen LogP contribution is 2.32. The molecule has 1 aliphatic rings. The highest BCUT2D eigenvalue weighted by Gasteiger charge is 2.28. The Kier molecular flexibility index (Phi) is 5.56. The maximum absolute atomic E-state index is 12.9. The number of nitrogens with two attached hydrogens (primary N) is 1. The van der Waals surface area contributed by atoms with E-state index in [9.17, 15) is 4.79 Å². The predicted molar refractivity (Wildman–Crippen MR) is 116 cm³/mol. The number of anilines is 1. The molecule has 29 heavy (non-hydrogen) atoms. The molecule has 1 atom stereocenters. The summed E-state index contributed by atoms with van der Waals surface area (Å²) in [6.07, 6.45) is 2.12. The zero-order valence-corrected chi connectivity index (χ0v) is 17.6. The van der Waals surface area contributed by atoms with Gasteiger partial charge < -0.3 is 15.4 Å². The average Bonchev–Trinajstić information content (AvgIpc) is 3.04. The number of carbonyl (C=O) groups excluding carboxylic acids is 1. The topological polar surface area (TPSA) is 73.4 Å². The van der Waals surface area contributed by atoms with E-state index < -0.39 is 0 Å². The van der Waals surface area contributed by atoms with Gasteiger partial charge in [0.2, 0.25) is 5.91 Å². The number of ether oxygens (including phenoxy) is 1. The summed E-state index contributed by atoms with van der Waals surface area (Å²) in [4.78, 5) is 19.4. The Morgan fingerprint density at radius 2 is 2.00 bits per heavy atom. The number of nitrogen functional groups attached to an aromatic ring is 1. The van der Waals surface area contributed by atoms with Gasteiger partial charge in [0.15, 0.2) is 0 Å². The number of nitrogens with zero attached hydrogens (tertiary/aromatic N) is 3. The standard InChI is InChI=1S/C21H22Cl2N4O2/c1-29-21-25-18-11-16(24)4-5-19(18)27(21)17-3-2-6-26(12-17)20(28)9-13-7-14(22)10-15(23)8-13/h4-5,7-8,10-11,17H,2-3,6,9,12,24H2,1H3/t17-/m0/s1. The molecular formula is C21H22Cl2N4O2. The summed E-state index contributed by atoms with van der Waals surface area (Å²) in [5.74, 6) is 0.0562. The Morgan fingerprint density at radius 1 is 1.24 bits per heavy atom. The molecular weight excluding hydrogens is 411 g/mol. The maximum atomic E-state index is 12.9. The van der Waals surface area contributed by atoms with Crippen LogP contribution in [0.3, 0.4) is 0 Å². The molecule has 3 aromatic rings. The van der Waals surface area contributed by atoms with Gasteiger partial charge >= 0.3 is 0 Å². The number of rotatable bonds is 4. The summed E-state index contributed by atoms with van der Waals surface area (Å²) in [6, 6.07) is 11.5. The minimum Gasteiger partial charge on any atom is -0.468 e. The van der Waals surface area contributed by atoms with E-state index in [2.05, 4.69) is 9.55 Å². The second-order valence-corrected chi connectivity index (χ2v) is 8.18. The molecule has 1 aromatic heterocycles. The third kappa shape index (κ3) is 4.14. The number of methoxy groups -OCH3 is 1. The summed E-state index contributed by atoms with van der Waals surface area (Å²) in [6.45, 7) is 1.32. The Labute approximate surface area is 179 Å². The van der Waals surface area contributed by atoms with Crippen LogP contribution in [0.4, 0.5) is 5.69 Å². The number of aromatic nitrogens is 2. The molecule has 1 aliphatic heterocycles. The van der Waals surface area contributed by atoms with Crippen molar-refractivity contribution in [3.8, 4) is 6.01 Å². The second kappa shape index (κ2) is 8.13. The molecule has 0 spiro atoms. The molecule has 1 fully saturated rings. The van der Waals surface area contributed by atoms with Crippen LogP contribution in [-0.2, 0) is 11.2 Å². The number of hydrogen-bond acceptors (Lipinski definition) is 4. The number of hydrogen-bond donors (Lipinski definition) is 1. The van der Waals surface area contributed by atoms with Gasteiger partial charge in [-0.3, -0.25) is 9.36 Å². The molecule has 0 saturated carbocycles. The Balaban J connectivity index is 1.57. The van der Waals surface area contributed by atoms with Gasteiger partial charge in [0.1, 0.15) is 0 Å². The highest BCUT2D eigenvalue weighted by atomic mass is 35.5. The van der Waals surface area contributed by atoms with Gasteiger partial charge in [-0.1, -0.05) is 23.2 Å². The smallest absolute Gasteiger partial charge is 0.297 e. The third-order valence-electron chi connectivity index (χ3n) is 5.26. The summed E-state index contributed by atoms with van der Waals surface area (Å²) in [7, 11) is 1.61. The van der Waals surface area contributed by atoms with E-state index in [1.54, 1.807) is 25.3 Å². The van der Waals surface area contributed by atoms with Crippen molar-refractivity contribution in [3.05, 3.63) is 52.0 Å². The number of imidazole rings is 1. The molecule has 0 bridgehead atoms. The molecule has 1 saturated heterocycles. The number of halogens is 2. The average molecular weight is 433 g/mol. The largest absolute Gasteiger partial charge is 0.468 e. The zero-order chi connectivity index (χ0) is 20.5. The maximum Gasteiger partial charge on any atom is 0.297 e.